The lowest BCUT2D eigenvalue weighted by Gasteiger charge is -2.31. The molecule has 1 heterocycles. The van der Waals surface area contributed by atoms with Crippen LogP contribution in [0, 0.1) is 0 Å². The molecule has 1 N–H and O–H groups in total. The van der Waals surface area contributed by atoms with Crippen molar-refractivity contribution in [3.05, 3.63) is 22.2 Å². The Balaban J connectivity index is 2.12. The molecule has 0 saturated heterocycles. The highest BCUT2D eigenvalue weighted by Crippen LogP contribution is 2.46. The summed E-state index contributed by atoms with van der Waals surface area (Å²) in [5.74, 6) is 1.71. The normalized spacial score (nSPS) is 21.6. The topological polar surface area (TPSA) is 30.5 Å². The van der Waals surface area contributed by atoms with Crippen LogP contribution in [0.5, 0.6) is 11.5 Å². The highest BCUT2D eigenvalue weighted by molar-refractivity contribution is 6.31. The SMILES string of the molecule is CCNC1CCCc2c(Cl)cc3c(c21)OCCO3. The number of hydrogen-bond acceptors (Lipinski definition) is 3. The van der Waals surface area contributed by atoms with Crippen LogP contribution in [-0.2, 0) is 6.42 Å². The van der Waals surface area contributed by atoms with E-state index in [0.29, 0.717) is 19.3 Å². The van der Waals surface area contributed by atoms with Gasteiger partial charge in [0.2, 0.25) is 0 Å². The minimum Gasteiger partial charge on any atom is -0.486 e. The smallest absolute Gasteiger partial charge is 0.166 e. The first-order valence-electron chi connectivity index (χ1n) is 6.65. The fraction of sp³-hybridized carbons (Fsp3) is 0.571. The molecule has 1 aliphatic heterocycles. The van der Waals surface area contributed by atoms with Gasteiger partial charge in [-0.3, -0.25) is 0 Å². The molecule has 98 valence electrons. The van der Waals surface area contributed by atoms with Crippen molar-refractivity contribution in [3.8, 4) is 11.5 Å². The van der Waals surface area contributed by atoms with Crippen molar-refractivity contribution in [1.82, 2.24) is 5.32 Å². The van der Waals surface area contributed by atoms with E-state index in [9.17, 15) is 0 Å². The minimum absolute atomic E-state index is 0.341. The van der Waals surface area contributed by atoms with Crippen LogP contribution in [0.25, 0.3) is 0 Å². The van der Waals surface area contributed by atoms with Crippen LogP contribution < -0.4 is 14.8 Å². The summed E-state index contributed by atoms with van der Waals surface area (Å²) in [5, 5.41) is 4.34. The Hall–Kier alpha value is -0.930. The van der Waals surface area contributed by atoms with Crippen LogP contribution in [-0.4, -0.2) is 19.8 Å². The van der Waals surface area contributed by atoms with Crippen LogP contribution in [0.3, 0.4) is 0 Å². The molecule has 3 rings (SSSR count). The lowest BCUT2D eigenvalue weighted by molar-refractivity contribution is 0.167. The Morgan fingerprint density at radius 2 is 2.22 bits per heavy atom. The van der Waals surface area contributed by atoms with Crippen molar-refractivity contribution in [2.45, 2.75) is 32.2 Å². The van der Waals surface area contributed by atoms with Crippen molar-refractivity contribution < 1.29 is 9.47 Å². The van der Waals surface area contributed by atoms with Crippen LogP contribution in [0.1, 0.15) is 36.9 Å². The van der Waals surface area contributed by atoms with Gasteiger partial charge in [-0.2, -0.15) is 0 Å². The summed E-state index contributed by atoms with van der Waals surface area (Å²) in [6, 6.07) is 2.25. The molecule has 3 nitrogen and oxygen atoms in total. The third-order valence-electron chi connectivity index (χ3n) is 3.65. The molecule has 18 heavy (non-hydrogen) atoms. The van der Waals surface area contributed by atoms with Gasteiger partial charge >= 0.3 is 0 Å². The molecule has 4 heteroatoms. The van der Waals surface area contributed by atoms with Crippen molar-refractivity contribution in [2.75, 3.05) is 19.8 Å². The van der Waals surface area contributed by atoms with Crippen molar-refractivity contribution >= 4 is 11.6 Å². The van der Waals surface area contributed by atoms with E-state index in [1.165, 1.54) is 17.5 Å². The Morgan fingerprint density at radius 3 is 3.06 bits per heavy atom. The van der Waals surface area contributed by atoms with E-state index in [4.69, 9.17) is 21.1 Å². The molecule has 1 aliphatic carbocycles. The molecule has 0 bridgehead atoms. The largest absolute Gasteiger partial charge is 0.486 e. The predicted molar refractivity (Wildman–Crippen MR) is 71.8 cm³/mol. The lowest BCUT2D eigenvalue weighted by Crippen LogP contribution is -2.27. The summed E-state index contributed by atoms with van der Waals surface area (Å²) >= 11 is 6.38. The second-order valence-electron chi connectivity index (χ2n) is 4.78. The fourth-order valence-corrected chi connectivity index (χ4v) is 3.21. The molecular weight excluding hydrogens is 250 g/mol. The molecule has 0 amide bonds. The molecule has 2 aliphatic rings. The second kappa shape index (κ2) is 4.98. The van der Waals surface area contributed by atoms with Crippen molar-refractivity contribution in [2.24, 2.45) is 0 Å². The van der Waals surface area contributed by atoms with E-state index < -0.39 is 0 Å². The number of benzene rings is 1. The number of halogens is 1. The van der Waals surface area contributed by atoms with Crippen molar-refractivity contribution in [3.63, 3.8) is 0 Å². The number of nitrogens with one attached hydrogen (secondary N) is 1. The summed E-state index contributed by atoms with van der Waals surface area (Å²) in [6.07, 6.45) is 3.34. The number of hydrogen-bond donors (Lipinski definition) is 1. The molecule has 1 aromatic rings. The van der Waals surface area contributed by atoms with Gasteiger partial charge in [0, 0.05) is 22.7 Å². The Bertz CT molecular complexity index is 462. The van der Waals surface area contributed by atoms with Gasteiger partial charge < -0.3 is 14.8 Å². The molecule has 0 radical (unpaired) electrons. The van der Waals surface area contributed by atoms with Crippen LogP contribution in [0.2, 0.25) is 5.02 Å². The van der Waals surface area contributed by atoms with Gasteiger partial charge in [0.05, 0.1) is 0 Å². The maximum Gasteiger partial charge on any atom is 0.166 e. The molecule has 1 atom stereocenters. The molecule has 0 fully saturated rings. The maximum atomic E-state index is 6.38. The summed E-state index contributed by atoms with van der Waals surface area (Å²) in [7, 11) is 0. The van der Waals surface area contributed by atoms with Crippen molar-refractivity contribution in [1.29, 1.82) is 0 Å². The average molecular weight is 268 g/mol. The number of rotatable bonds is 2. The Morgan fingerprint density at radius 1 is 1.39 bits per heavy atom. The number of ether oxygens (including phenoxy) is 2. The lowest BCUT2D eigenvalue weighted by atomic mass is 9.86. The predicted octanol–water partition coefficient (Wildman–Crippen LogP) is 3.10. The first-order valence-corrected chi connectivity index (χ1v) is 7.03. The van der Waals surface area contributed by atoms with E-state index in [1.807, 2.05) is 6.07 Å². The summed E-state index contributed by atoms with van der Waals surface area (Å²) in [6.45, 7) is 4.31. The highest BCUT2D eigenvalue weighted by atomic mass is 35.5. The average Bonchev–Trinajstić information content (AvgIpc) is 2.40. The van der Waals surface area contributed by atoms with Gasteiger partial charge in [0.25, 0.3) is 0 Å². The standard InChI is InChI=1S/C14H18ClNO2/c1-2-16-11-5-3-4-9-10(15)8-12-14(13(9)11)18-7-6-17-12/h8,11,16H,2-7H2,1H3. The summed E-state index contributed by atoms with van der Waals surface area (Å²) < 4.78 is 11.5. The quantitative estimate of drug-likeness (QED) is 0.893. The summed E-state index contributed by atoms with van der Waals surface area (Å²) in [4.78, 5) is 0. The van der Waals surface area contributed by atoms with E-state index in [-0.39, 0.29) is 0 Å². The van der Waals surface area contributed by atoms with E-state index >= 15 is 0 Å². The van der Waals surface area contributed by atoms with Gasteiger partial charge in [0.1, 0.15) is 13.2 Å². The molecule has 1 unspecified atom stereocenters. The van der Waals surface area contributed by atoms with Gasteiger partial charge in [-0.25, -0.2) is 0 Å². The zero-order valence-electron chi connectivity index (χ0n) is 10.6. The fourth-order valence-electron chi connectivity index (χ4n) is 2.92. The highest BCUT2D eigenvalue weighted by Gasteiger charge is 2.29. The van der Waals surface area contributed by atoms with Crippen LogP contribution >= 0.6 is 11.6 Å². The minimum atomic E-state index is 0.341. The van der Waals surface area contributed by atoms with Crippen LogP contribution in [0.15, 0.2) is 6.07 Å². The Kier molecular flexibility index (Phi) is 3.35. The molecule has 0 spiro atoms. The van der Waals surface area contributed by atoms with Gasteiger partial charge in [0.15, 0.2) is 11.5 Å². The zero-order chi connectivity index (χ0) is 12.5. The summed E-state index contributed by atoms with van der Waals surface area (Å²) in [5.41, 5.74) is 2.46. The molecule has 1 aromatic carbocycles. The molecule has 0 aromatic heterocycles. The first kappa shape index (κ1) is 12.1. The zero-order valence-corrected chi connectivity index (χ0v) is 11.3. The maximum absolute atomic E-state index is 6.38. The number of fused-ring (bicyclic) bond motifs is 3. The molecule has 0 saturated carbocycles. The first-order chi connectivity index (χ1) is 8.81. The van der Waals surface area contributed by atoms with Gasteiger partial charge in [-0.1, -0.05) is 18.5 Å². The van der Waals surface area contributed by atoms with E-state index in [2.05, 4.69) is 12.2 Å². The van der Waals surface area contributed by atoms with Crippen LogP contribution in [0.4, 0.5) is 0 Å². The van der Waals surface area contributed by atoms with E-state index in [1.54, 1.807) is 0 Å². The van der Waals surface area contributed by atoms with Gasteiger partial charge in [-0.05, 0) is 31.4 Å². The third-order valence-corrected chi connectivity index (χ3v) is 3.98. The monoisotopic (exact) mass is 267 g/mol. The van der Waals surface area contributed by atoms with E-state index in [0.717, 1.165) is 35.9 Å². The Labute approximate surface area is 112 Å². The van der Waals surface area contributed by atoms with Gasteiger partial charge in [-0.15, -0.1) is 0 Å². The third kappa shape index (κ3) is 1.95. The second-order valence-corrected chi connectivity index (χ2v) is 5.18. The molecular formula is C14H18ClNO2.